The van der Waals surface area contributed by atoms with Crippen molar-refractivity contribution in [1.82, 2.24) is 0 Å². The molecule has 214 valence electrons. The smallest absolute Gasteiger partial charge is 0.416 e. The highest BCUT2D eigenvalue weighted by molar-refractivity contribution is 8.19. The number of benzene rings is 4. The van der Waals surface area contributed by atoms with Crippen molar-refractivity contribution in [3.63, 3.8) is 0 Å². The molecule has 0 radical (unpaired) electrons. The summed E-state index contributed by atoms with van der Waals surface area (Å²) >= 11 is 1.27. The topological polar surface area (TPSA) is 51.1 Å². The number of aryl methyl sites for hydroxylation is 2. The van der Waals surface area contributed by atoms with E-state index in [2.05, 4.69) is 0 Å². The van der Waals surface area contributed by atoms with Crippen LogP contribution >= 0.6 is 11.8 Å². The van der Waals surface area contributed by atoms with Crippen LogP contribution in [0.5, 0.6) is 11.5 Å². The second-order valence-electron chi connectivity index (χ2n) is 9.71. The Morgan fingerprint density at radius 3 is 2.24 bits per heavy atom. The molecule has 4 aromatic carbocycles. The van der Waals surface area contributed by atoms with Crippen molar-refractivity contribution < 1.29 is 27.4 Å². The average molecular weight is 589 g/mol. The molecular formula is C33H27F3N2O3S. The highest BCUT2D eigenvalue weighted by Crippen LogP contribution is 2.39. The molecular weight excluding hydrogens is 561 g/mol. The number of aliphatic imine (C=N–C) groups is 1. The van der Waals surface area contributed by atoms with Gasteiger partial charge in [0.2, 0.25) is 0 Å². The zero-order chi connectivity index (χ0) is 29.9. The van der Waals surface area contributed by atoms with Crippen LogP contribution in [0.3, 0.4) is 0 Å². The van der Waals surface area contributed by atoms with Crippen molar-refractivity contribution in [2.75, 3.05) is 12.0 Å². The van der Waals surface area contributed by atoms with Gasteiger partial charge in [-0.05, 0) is 91.3 Å². The number of amidine groups is 1. The quantitative estimate of drug-likeness (QED) is 0.203. The molecule has 1 fully saturated rings. The number of halogens is 3. The molecule has 4 aromatic rings. The summed E-state index contributed by atoms with van der Waals surface area (Å²) in [6.07, 6.45) is -2.68. The second-order valence-corrected chi connectivity index (χ2v) is 10.7. The number of carbonyl (C=O) groups excluding carboxylic acids is 1. The van der Waals surface area contributed by atoms with Crippen molar-refractivity contribution in [3.8, 4) is 11.5 Å². The van der Waals surface area contributed by atoms with Crippen molar-refractivity contribution >= 4 is 40.3 Å². The van der Waals surface area contributed by atoms with Gasteiger partial charge in [0.25, 0.3) is 5.91 Å². The van der Waals surface area contributed by atoms with E-state index in [-0.39, 0.29) is 12.5 Å². The minimum absolute atomic E-state index is 0.0700. The normalized spacial score (nSPS) is 15.5. The number of hydrogen-bond acceptors (Lipinski definition) is 5. The number of nitrogens with zero attached hydrogens (tertiary/aromatic N) is 2. The van der Waals surface area contributed by atoms with Crippen molar-refractivity contribution in [2.45, 2.75) is 26.6 Å². The van der Waals surface area contributed by atoms with Gasteiger partial charge in [-0.15, -0.1) is 0 Å². The van der Waals surface area contributed by atoms with Crippen LogP contribution in [-0.4, -0.2) is 18.2 Å². The monoisotopic (exact) mass is 588 g/mol. The molecule has 0 N–H and O–H groups in total. The molecule has 1 amide bonds. The van der Waals surface area contributed by atoms with E-state index in [1.54, 1.807) is 35.2 Å². The van der Waals surface area contributed by atoms with Gasteiger partial charge in [0.05, 0.1) is 29.0 Å². The molecule has 0 atom stereocenters. The number of rotatable bonds is 7. The molecule has 1 saturated heterocycles. The molecule has 9 heteroatoms. The van der Waals surface area contributed by atoms with Crippen LogP contribution < -0.4 is 14.4 Å². The van der Waals surface area contributed by atoms with Gasteiger partial charge in [0.1, 0.15) is 6.61 Å². The molecule has 0 unspecified atom stereocenters. The number of alkyl halides is 3. The maximum absolute atomic E-state index is 13.6. The lowest BCUT2D eigenvalue weighted by molar-refractivity contribution is -0.137. The molecule has 0 bridgehead atoms. The Kier molecular flexibility index (Phi) is 8.40. The van der Waals surface area contributed by atoms with E-state index in [0.717, 1.165) is 28.9 Å². The number of ether oxygens (including phenoxy) is 2. The largest absolute Gasteiger partial charge is 0.493 e. The Morgan fingerprint density at radius 1 is 0.881 bits per heavy atom. The Hall–Kier alpha value is -4.50. The lowest BCUT2D eigenvalue weighted by Crippen LogP contribution is -2.28. The number of amides is 1. The number of carbonyl (C=O) groups is 1. The van der Waals surface area contributed by atoms with Gasteiger partial charge < -0.3 is 9.47 Å². The predicted octanol–water partition coefficient (Wildman–Crippen LogP) is 8.72. The Morgan fingerprint density at radius 2 is 1.57 bits per heavy atom. The van der Waals surface area contributed by atoms with Crippen LogP contribution in [0.4, 0.5) is 24.5 Å². The molecule has 1 heterocycles. The maximum atomic E-state index is 13.6. The molecule has 1 aliphatic heterocycles. The highest BCUT2D eigenvalue weighted by atomic mass is 32.2. The Bertz CT molecular complexity index is 1660. The average Bonchev–Trinajstić information content (AvgIpc) is 3.27. The lowest BCUT2D eigenvalue weighted by atomic mass is 10.1. The molecule has 0 aliphatic carbocycles. The van der Waals surface area contributed by atoms with Crippen molar-refractivity contribution in [1.29, 1.82) is 0 Å². The van der Waals surface area contributed by atoms with Crippen molar-refractivity contribution in [2.24, 2.45) is 4.99 Å². The van der Waals surface area contributed by atoms with Gasteiger partial charge in [0, 0.05) is 0 Å². The first-order valence-corrected chi connectivity index (χ1v) is 13.9. The van der Waals surface area contributed by atoms with E-state index >= 15 is 0 Å². The molecule has 0 saturated carbocycles. The van der Waals surface area contributed by atoms with E-state index in [4.69, 9.17) is 14.5 Å². The summed E-state index contributed by atoms with van der Waals surface area (Å²) in [5, 5.41) is 0.534. The van der Waals surface area contributed by atoms with Crippen LogP contribution in [0.15, 0.2) is 101 Å². The van der Waals surface area contributed by atoms with Crippen LogP contribution in [0.1, 0.15) is 27.8 Å². The predicted molar refractivity (Wildman–Crippen MR) is 161 cm³/mol. The minimum Gasteiger partial charge on any atom is -0.493 e. The number of hydrogen-bond donors (Lipinski definition) is 0. The highest BCUT2D eigenvalue weighted by Gasteiger charge is 2.35. The van der Waals surface area contributed by atoms with Crippen LogP contribution in [0.2, 0.25) is 0 Å². The molecule has 1 aliphatic rings. The van der Waals surface area contributed by atoms with E-state index in [9.17, 15) is 18.0 Å². The van der Waals surface area contributed by atoms with Gasteiger partial charge in [-0.2, -0.15) is 13.2 Å². The summed E-state index contributed by atoms with van der Waals surface area (Å²) in [6.45, 7) is 3.91. The van der Waals surface area contributed by atoms with E-state index in [0.29, 0.717) is 38.4 Å². The molecule has 0 aromatic heterocycles. The van der Waals surface area contributed by atoms with E-state index in [1.165, 1.54) is 24.9 Å². The fourth-order valence-corrected chi connectivity index (χ4v) is 5.24. The number of thioether (sulfide) groups is 1. The SMILES string of the molecule is COc1cc(/C=C2\SC(=Nc3ccc(C)cc3)N(c3ccc(C)cc3)C2=O)ccc1OCc1cccc(C(F)(F)F)c1. The Labute approximate surface area is 246 Å². The van der Waals surface area contributed by atoms with Gasteiger partial charge in [0.15, 0.2) is 16.7 Å². The first-order chi connectivity index (χ1) is 20.1. The number of methoxy groups -OCH3 is 1. The lowest BCUT2D eigenvalue weighted by Gasteiger charge is -2.16. The third-order valence-electron chi connectivity index (χ3n) is 6.49. The zero-order valence-corrected chi connectivity index (χ0v) is 23.9. The summed E-state index contributed by atoms with van der Waals surface area (Å²) in [5.41, 5.74) is 3.97. The van der Waals surface area contributed by atoms with Gasteiger partial charge in [-0.25, -0.2) is 4.99 Å². The summed E-state index contributed by atoms with van der Waals surface area (Å²) in [7, 11) is 1.48. The fraction of sp³-hybridized carbons (Fsp3) is 0.152. The molecule has 0 spiro atoms. The second kappa shape index (κ2) is 12.2. The van der Waals surface area contributed by atoms with Crippen LogP contribution in [0, 0.1) is 13.8 Å². The molecule has 5 rings (SSSR count). The third-order valence-corrected chi connectivity index (χ3v) is 7.46. The van der Waals surface area contributed by atoms with Gasteiger partial charge in [-0.3, -0.25) is 9.69 Å². The summed E-state index contributed by atoms with van der Waals surface area (Å²) in [5.74, 6) is 0.541. The zero-order valence-electron chi connectivity index (χ0n) is 23.1. The Balaban J connectivity index is 1.41. The van der Waals surface area contributed by atoms with Gasteiger partial charge in [-0.1, -0.05) is 53.6 Å². The van der Waals surface area contributed by atoms with Gasteiger partial charge >= 0.3 is 6.18 Å². The van der Waals surface area contributed by atoms with Crippen molar-refractivity contribution in [3.05, 3.63) is 124 Å². The van der Waals surface area contributed by atoms with E-state index in [1.807, 2.05) is 62.4 Å². The number of anilines is 1. The fourth-order valence-electron chi connectivity index (χ4n) is 4.24. The van der Waals surface area contributed by atoms with Crippen LogP contribution in [0.25, 0.3) is 6.08 Å². The third kappa shape index (κ3) is 6.69. The maximum Gasteiger partial charge on any atom is 0.416 e. The first-order valence-electron chi connectivity index (χ1n) is 13.0. The van der Waals surface area contributed by atoms with Crippen LogP contribution in [-0.2, 0) is 17.6 Å². The molecule has 42 heavy (non-hydrogen) atoms. The van der Waals surface area contributed by atoms with E-state index < -0.39 is 11.7 Å². The molecule has 5 nitrogen and oxygen atoms in total. The standard InChI is InChI=1S/C33H27F3N2O3S/c1-21-7-12-26(13-8-21)37-32-38(27-14-9-22(2)10-15-27)31(39)30(42-32)19-23-11-16-28(29(18-23)40-3)41-20-24-5-4-6-25(17-24)33(34,35)36/h4-19H,20H2,1-3H3/b30-19-,37-32?. The summed E-state index contributed by atoms with van der Waals surface area (Å²) in [6, 6.07) is 25.6. The summed E-state index contributed by atoms with van der Waals surface area (Å²) < 4.78 is 50.5. The minimum atomic E-state index is -4.43. The summed E-state index contributed by atoms with van der Waals surface area (Å²) in [4.78, 5) is 20.5. The first kappa shape index (κ1) is 29.0.